The number of benzene rings is 1. The molecule has 0 aromatic heterocycles. The molecule has 1 amide bonds. The van der Waals surface area contributed by atoms with Gasteiger partial charge in [0.1, 0.15) is 0 Å². The molecule has 0 atom stereocenters. The van der Waals surface area contributed by atoms with Crippen LogP contribution in [0.15, 0.2) is 29.2 Å². The third-order valence-corrected chi connectivity index (χ3v) is 3.81. The van der Waals surface area contributed by atoms with Gasteiger partial charge in [-0.15, -0.1) is 0 Å². The fraction of sp³-hybridized carbons (Fsp3) is 0.417. The fourth-order valence-corrected chi connectivity index (χ4v) is 2.49. The van der Waals surface area contributed by atoms with Gasteiger partial charge >= 0.3 is 0 Å². The number of hydrogen-bond acceptors (Lipinski definition) is 4. The summed E-state index contributed by atoms with van der Waals surface area (Å²) in [6, 6.07) is 6.03. The van der Waals surface area contributed by atoms with E-state index in [1.54, 1.807) is 12.1 Å². The first-order valence-corrected chi connectivity index (χ1v) is 7.52. The summed E-state index contributed by atoms with van der Waals surface area (Å²) in [5.41, 5.74) is 0.569. The summed E-state index contributed by atoms with van der Waals surface area (Å²) >= 11 is 0. The average molecular weight is 285 g/mol. The number of hydrogen-bond donors (Lipinski definition) is 3. The normalized spacial score (nSPS) is 11.3. The first-order chi connectivity index (χ1) is 8.95. The number of carbonyl (C=O) groups excluding carboxylic acids is 1. The van der Waals surface area contributed by atoms with Gasteiger partial charge in [-0.1, -0.05) is 6.92 Å². The highest BCUT2D eigenvalue weighted by molar-refractivity contribution is 7.89. The van der Waals surface area contributed by atoms with E-state index in [2.05, 4.69) is 15.4 Å². The van der Waals surface area contributed by atoms with Crippen LogP contribution < -0.4 is 15.4 Å². The molecule has 106 valence electrons. The SMILES string of the molecule is CCNCCNS(=O)(=O)c1ccc(NC(C)=O)cc1. The highest BCUT2D eigenvalue weighted by Gasteiger charge is 2.12. The van der Waals surface area contributed by atoms with Crippen LogP contribution in [-0.4, -0.2) is 34.0 Å². The molecule has 0 unspecified atom stereocenters. The van der Waals surface area contributed by atoms with Crippen molar-refractivity contribution in [2.24, 2.45) is 0 Å². The van der Waals surface area contributed by atoms with Crippen LogP contribution in [0.1, 0.15) is 13.8 Å². The minimum atomic E-state index is -3.49. The number of anilines is 1. The number of likely N-dealkylation sites (N-methyl/N-ethyl adjacent to an activating group) is 1. The van der Waals surface area contributed by atoms with Crippen LogP contribution >= 0.6 is 0 Å². The molecule has 3 N–H and O–H groups in total. The highest BCUT2D eigenvalue weighted by atomic mass is 32.2. The van der Waals surface area contributed by atoms with Crippen molar-refractivity contribution < 1.29 is 13.2 Å². The average Bonchev–Trinajstić information content (AvgIpc) is 2.35. The Labute approximate surface area is 113 Å². The zero-order chi connectivity index (χ0) is 14.3. The van der Waals surface area contributed by atoms with Crippen LogP contribution in [-0.2, 0) is 14.8 Å². The van der Waals surface area contributed by atoms with Crippen molar-refractivity contribution in [3.8, 4) is 0 Å². The van der Waals surface area contributed by atoms with Gasteiger partial charge in [-0.05, 0) is 30.8 Å². The second-order valence-electron chi connectivity index (χ2n) is 3.96. The number of sulfonamides is 1. The van der Waals surface area contributed by atoms with Crippen LogP contribution in [0.3, 0.4) is 0 Å². The Morgan fingerprint density at radius 1 is 1.16 bits per heavy atom. The summed E-state index contributed by atoms with van der Waals surface area (Å²) in [4.78, 5) is 11.0. The standard InChI is InChI=1S/C12H19N3O3S/c1-3-13-8-9-14-19(17,18)12-6-4-11(5-7-12)15-10(2)16/h4-7,13-14H,3,8-9H2,1-2H3,(H,15,16). The Kier molecular flexibility index (Phi) is 5.94. The van der Waals surface area contributed by atoms with Crippen molar-refractivity contribution in [2.75, 3.05) is 25.0 Å². The third kappa shape index (κ3) is 5.37. The summed E-state index contributed by atoms with van der Waals surface area (Å²) in [5, 5.41) is 5.61. The lowest BCUT2D eigenvalue weighted by atomic mass is 10.3. The lowest BCUT2D eigenvalue weighted by molar-refractivity contribution is -0.114. The van der Waals surface area contributed by atoms with E-state index in [0.29, 0.717) is 18.8 Å². The minimum Gasteiger partial charge on any atom is -0.326 e. The molecular formula is C12H19N3O3S. The van der Waals surface area contributed by atoms with Crippen molar-refractivity contribution >= 4 is 21.6 Å². The Morgan fingerprint density at radius 2 is 1.79 bits per heavy atom. The van der Waals surface area contributed by atoms with Gasteiger partial charge in [0.25, 0.3) is 0 Å². The Hall–Kier alpha value is -1.44. The van der Waals surface area contributed by atoms with Gasteiger partial charge in [0.15, 0.2) is 0 Å². The van der Waals surface area contributed by atoms with E-state index in [0.717, 1.165) is 6.54 Å². The predicted molar refractivity (Wildman–Crippen MR) is 74.5 cm³/mol. The fourth-order valence-electron chi connectivity index (χ4n) is 1.45. The maximum Gasteiger partial charge on any atom is 0.240 e. The van der Waals surface area contributed by atoms with Crippen molar-refractivity contribution in [3.05, 3.63) is 24.3 Å². The number of carbonyl (C=O) groups is 1. The molecule has 19 heavy (non-hydrogen) atoms. The van der Waals surface area contributed by atoms with Crippen molar-refractivity contribution in [1.82, 2.24) is 10.0 Å². The van der Waals surface area contributed by atoms with Gasteiger partial charge in [-0.3, -0.25) is 4.79 Å². The molecule has 0 aliphatic heterocycles. The molecule has 0 spiro atoms. The highest BCUT2D eigenvalue weighted by Crippen LogP contribution is 2.13. The molecular weight excluding hydrogens is 266 g/mol. The molecule has 0 heterocycles. The third-order valence-electron chi connectivity index (χ3n) is 2.33. The van der Waals surface area contributed by atoms with Crippen LogP contribution in [0.4, 0.5) is 5.69 Å². The maximum absolute atomic E-state index is 11.9. The van der Waals surface area contributed by atoms with E-state index in [1.165, 1.54) is 19.1 Å². The Balaban J connectivity index is 2.65. The molecule has 1 rings (SSSR count). The van der Waals surface area contributed by atoms with Gasteiger partial charge in [0, 0.05) is 25.7 Å². The molecule has 1 aromatic rings. The van der Waals surface area contributed by atoms with Crippen molar-refractivity contribution in [3.63, 3.8) is 0 Å². The molecule has 0 aliphatic carbocycles. The molecule has 0 saturated carbocycles. The van der Waals surface area contributed by atoms with E-state index in [4.69, 9.17) is 0 Å². The maximum atomic E-state index is 11.9. The van der Waals surface area contributed by atoms with Crippen LogP contribution in [0.25, 0.3) is 0 Å². The molecule has 6 nitrogen and oxygen atoms in total. The summed E-state index contributed by atoms with van der Waals surface area (Å²) in [5.74, 6) is -0.195. The lowest BCUT2D eigenvalue weighted by Gasteiger charge is -2.08. The van der Waals surface area contributed by atoms with E-state index < -0.39 is 10.0 Å². The largest absolute Gasteiger partial charge is 0.326 e. The molecule has 0 radical (unpaired) electrons. The van der Waals surface area contributed by atoms with E-state index in [1.807, 2.05) is 6.92 Å². The first-order valence-electron chi connectivity index (χ1n) is 6.03. The lowest BCUT2D eigenvalue weighted by Crippen LogP contribution is -2.31. The first kappa shape index (κ1) is 15.6. The van der Waals surface area contributed by atoms with Gasteiger partial charge < -0.3 is 10.6 Å². The monoisotopic (exact) mass is 285 g/mol. The second-order valence-corrected chi connectivity index (χ2v) is 5.72. The van der Waals surface area contributed by atoms with E-state index in [-0.39, 0.29) is 10.8 Å². The summed E-state index contributed by atoms with van der Waals surface area (Å²) in [6.07, 6.45) is 0. The smallest absolute Gasteiger partial charge is 0.240 e. The van der Waals surface area contributed by atoms with Crippen LogP contribution in [0.2, 0.25) is 0 Å². The van der Waals surface area contributed by atoms with E-state index in [9.17, 15) is 13.2 Å². The topological polar surface area (TPSA) is 87.3 Å². The van der Waals surface area contributed by atoms with Crippen LogP contribution in [0, 0.1) is 0 Å². The van der Waals surface area contributed by atoms with Gasteiger partial charge in [0.05, 0.1) is 4.90 Å². The van der Waals surface area contributed by atoms with Gasteiger partial charge in [0.2, 0.25) is 15.9 Å². The van der Waals surface area contributed by atoms with Gasteiger partial charge in [-0.25, -0.2) is 13.1 Å². The zero-order valence-electron chi connectivity index (χ0n) is 11.1. The molecule has 0 fully saturated rings. The molecule has 0 saturated heterocycles. The van der Waals surface area contributed by atoms with Crippen molar-refractivity contribution in [1.29, 1.82) is 0 Å². The quantitative estimate of drug-likeness (QED) is 0.638. The van der Waals surface area contributed by atoms with E-state index >= 15 is 0 Å². The predicted octanol–water partition coefficient (Wildman–Crippen LogP) is 0.533. The molecule has 7 heteroatoms. The number of rotatable bonds is 7. The molecule has 0 aliphatic rings. The minimum absolute atomic E-state index is 0.179. The number of amides is 1. The summed E-state index contributed by atoms with van der Waals surface area (Å²) < 4.78 is 26.3. The second kappa shape index (κ2) is 7.22. The summed E-state index contributed by atoms with van der Waals surface area (Å²) in [7, 11) is -3.49. The molecule has 0 bridgehead atoms. The van der Waals surface area contributed by atoms with Gasteiger partial charge in [-0.2, -0.15) is 0 Å². The van der Waals surface area contributed by atoms with Crippen molar-refractivity contribution in [2.45, 2.75) is 18.7 Å². The van der Waals surface area contributed by atoms with Crippen LogP contribution in [0.5, 0.6) is 0 Å². The molecule has 1 aromatic carbocycles. The summed E-state index contributed by atoms with van der Waals surface area (Å²) in [6.45, 7) is 5.07. The Bertz CT molecular complexity index is 512. The Morgan fingerprint density at radius 3 is 2.32 bits per heavy atom. The zero-order valence-corrected chi connectivity index (χ0v) is 11.9. The number of nitrogens with one attached hydrogen (secondary N) is 3.